The predicted molar refractivity (Wildman–Crippen MR) is 103 cm³/mol. The van der Waals surface area contributed by atoms with Gasteiger partial charge in [-0.05, 0) is 36.3 Å². The third-order valence-corrected chi connectivity index (χ3v) is 5.48. The second kappa shape index (κ2) is 7.37. The Bertz CT molecular complexity index is 869. The Balaban J connectivity index is 2.11. The second-order valence-corrected chi connectivity index (χ2v) is 7.03. The van der Waals surface area contributed by atoms with Gasteiger partial charge in [0.2, 0.25) is 0 Å². The lowest BCUT2D eigenvalue weighted by Crippen LogP contribution is -2.36. The SMILES string of the molecule is COc1cc([N+](=O)[O-])c(C(=O)N2CCC(C)c3ccccc32)cc1SC. The van der Waals surface area contributed by atoms with Crippen molar-refractivity contribution in [2.75, 3.05) is 24.8 Å². The zero-order valence-corrected chi connectivity index (χ0v) is 15.7. The van der Waals surface area contributed by atoms with E-state index in [0.717, 1.165) is 17.7 Å². The third-order valence-electron chi connectivity index (χ3n) is 4.72. The molecule has 1 aliphatic rings. The molecule has 1 atom stereocenters. The van der Waals surface area contributed by atoms with Crippen LogP contribution in [0.4, 0.5) is 11.4 Å². The molecule has 7 heteroatoms. The zero-order chi connectivity index (χ0) is 18.8. The third kappa shape index (κ3) is 3.14. The molecule has 0 aromatic heterocycles. The molecule has 1 unspecified atom stereocenters. The van der Waals surface area contributed by atoms with Gasteiger partial charge < -0.3 is 9.64 Å². The Morgan fingerprint density at radius 1 is 1.35 bits per heavy atom. The van der Waals surface area contributed by atoms with Gasteiger partial charge in [-0.15, -0.1) is 11.8 Å². The van der Waals surface area contributed by atoms with Gasteiger partial charge in [-0.3, -0.25) is 14.9 Å². The highest BCUT2D eigenvalue weighted by atomic mass is 32.2. The fourth-order valence-corrected chi connectivity index (χ4v) is 3.87. The van der Waals surface area contributed by atoms with Crippen LogP contribution in [0.5, 0.6) is 5.75 Å². The summed E-state index contributed by atoms with van der Waals surface area (Å²) >= 11 is 1.39. The maximum atomic E-state index is 13.2. The van der Waals surface area contributed by atoms with Crippen molar-refractivity contribution in [3.8, 4) is 5.75 Å². The molecule has 1 amide bonds. The van der Waals surface area contributed by atoms with Crippen LogP contribution in [-0.2, 0) is 0 Å². The molecular weight excluding hydrogens is 352 g/mol. The molecule has 3 rings (SSSR count). The van der Waals surface area contributed by atoms with Crippen molar-refractivity contribution >= 4 is 29.0 Å². The first-order chi connectivity index (χ1) is 12.5. The zero-order valence-electron chi connectivity index (χ0n) is 14.9. The molecule has 0 fully saturated rings. The number of nitro groups is 1. The molecule has 0 saturated heterocycles. The number of rotatable bonds is 4. The number of fused-ring (bicyclic) bond motifs is 1. The number of methoxy groups -OCH3 is 1. The lowest BCUT2D eigenvalue weighted by atomic mass is 9.91. The number of ether oxygens (including phenoxy) is 1. The Kier molecular flexibility index (Phi) is 5.18. The number of hydrogen-bond acceptors (Lipinski definition) is 5. The number of nitrogens with zero attached hydrogens (tertiary/aromatic N) is 2. The van der Waals surface area contributed by atoms with Gasteiger partial charge >= 0.3 is 0 Å². The van der Waals surface area contributed by atoms with E-state index in [4.69, 9.17) is 4.74 Å². The fourth-order valence-electron chi connectivity index (χ4n) is 3.30. The molecule has 136 valence electrons. The van der Waals surface area contributed by atoms with Gasteiger partial charge in [0.15, 0.2) is 0 Å². The van der Waals surface area contributed by atoms with E-state index in [2.05, 4.69) is 6.92 Å². The first kappa shape index (κ1) is 18.3. The topological polar surface area (TPSA) is 72.7 Å². The Labute approximate surface area is 156 Å². The summed E-state index contributed by atoms with van der Waals surface area (Å²) in [4.78, 5) is 26.6. The van der Waals surface area contributed by atoms with Crippen LogP contribution >= 0.6 is 11.8 Å². The summed E-state index contributed by atoms with van der Waals surface area (Å²) < 4.78 is 5.23. The molecular formula is C19H20N2O4S. The van der Waals surface area contributed by atoms with E-state index in [-0.39, 0.29) is 17.2 Å². The van der Waals surface area contributed by atoms with Gasteiger partial charge in [-0.1, -0.05) is 25.1 Å². The first-order valence-corrected chi connectivity index (χ1v) is 9.51. The van der Waals surface area contributed by atoms with Crippen molar-refractivity contribution in [2.45, 2.75) is 24.2 Å². The lowest BCUT2D eigenvalue weighted by molar-refractivity contribution is -0.385. The molecule has 1 aliphatic heterocycles. The summed E-state index contributed by atoms with van der Waals surface area (Å²) in [7, 11) is 1.46. The normalized spacial score (nSPS) is 16.1. The Morgan fingerprint density at radius 3 is 2.73 bits per heavy atom. The highest BCUT2D eigenvalue weighted by Gasteiger charge is 2.32. The molecule has 0 spiro atoms. The minimum absolute atomic E-state index is 0.0875. The molecule has 0 radical (unpaired) electrons. The van der Waals surface area contributed by atoms with Gasteiger partial charge in [0.1, 0.15) is 11.3 Å². The van der Waals surface area contributed by atoms with Crippen LogP contribution in [0.1, 0.15) is 35.2 Å². The number of para-hydroxylation sites is 1. The highest BCUT2D eigenvalue weighted by molar-refractivity contribution is 7.98. The number of thioether (sulfide) groups is 1. The van der Waals surface area contributed by atoms with Crippen LogP contribution in [0, 0.1) is 10.1 Å². The molecule has 0 bridgehead atoms. The lowest BCUT2D eigenvalue weighted by Gasteiger charge is -2.33. The number of carbonyl (C=O) groups excluding carboxylic acids is 1. The average molecular weight is 372 g/mol. The summed E-state index contributed by atoms with van der Waals surface area (Å²) in [5, 5.41) is 11.5. The van der Waals surface area contributed by atoms with Crippen molar-refractivity contribution in [1.82, 2.24) is 0 Å². The van der Waals surface area contributed by atoms with Crippen molar-refractivity contribution in [3.63, 3.8) is 0 Å². The number of carbonyl (C=O) groups is 1. The minimum atomic E-state index is -0.529. The van der Waals surface area contributed by atoms with Crippen LogP contribution in [0.25, 0.3) is 0 Å². The van der Waals surface area contributed by atoms with Gasteiger partial charge in [0.25, 0.3) is 11.6 Å². The first-order valence-electron chi connectivity index (χ1n) is 8.29. The van der Waals surface area contributed by atoms with Gasteiger partial charge in [0.05, 0.1) is 23.0 Å². The van der Waals surface area contributed by atoms with E-state index in [1.54, 1.807) is 11.0 Å². The number of benzene rings is 2. The molecule has 1 heterocycles. The smallest absolute Gasteiger partial charge is 0.285 e. The predicted octanol–water partition coefficient (Wildman–Crippen LogP) is 4.48. The average Bonchev–Trinajstić information content (AvgIpc) is 2.66. The Morgan fingerprint density at radius 2 is 2.08 bits per heavy atom. The number of amides is 1. The van der Waals surface area contributed by atoms with Crippen molar-refractivity contribution in [2.24, 2.45) is 0 Å². The van der Waals surface area contributed by atoms with E-state index >= 15 is 0 Å². The molecule has 26 heavy (non-hydrogen) atoms. The summed E-state index contributed by atoms with van der Waals surface area (Å²) in [6.07, 6.45) is 2.66. The molecule has 0 N–H and O–H groups in total. The number of anilines is 1. The number of nitro benzene ring substituents is 1. The maximum absolute atomic E-state index is 13.2. The molecule has 0 saturated carbocycles. The van der Waals surface area contributed by atoms with Crippen molar-refractivity contribution in [3.05, 3.63) is 57.6 Å². The van der Waals surface area contributed by atoms with Gasteiger partial charge in [-0.2, -0.15) is 0 Å². The second-order valence-electron chi connectivity index (χ2n) is 6.19. The van der Waals surface area contributed by atoms with Crippen LogP contribution in [-0.4, -0.2) is 30.7 Å². The van der Waals surface area contributed by atoms with Crippen LogP contribution in [0.15, 0.2) is 41.3 Å². The van der Waals surface area contributed by atoms with Crippen molar-refractivity contribution < 1.29 is 14.5 Å². The summed E-state index contributed by atoms with van der Waals surface area (Å²) in [5.74, 6) is 0.394. The molecule has 0 aliphatic carbocycles. The number of hydrogen-bond donors (Lipinski definition) is 0. The largest absolute Gasteiger partial charge is 0.495 e. The standard InChI is InChI=1S/C19H20N2O4S/c1-12-8-9-20(15-7-5-4-6-13(12)15)19(22)14-10-18(26-3)17(25-2)11-16(14)21(23)24/h4-7,10-12H,8-9H2,1-3H3. The van der Waals surface area contributed by atoms with E-state index < -0.39 is 4.92 Å². The van der Waals surface area contributed by atoms with Crippen molar-refractivity contribution in [1.29, 1.82) is 0 Å². The van der Waals surface area contributed by atoms with Gasteiger partial charge in [0, 0.05) is 12.2 Å². The maximum Gasteiger partial charge on any atom is 0.285 e. The summed E-state index contributed by atoms with van der Waals surface area (Å²) in [6, 6.07) is 10.6. The van der Waals surface area contributed by atoms with E-state index in [9.17, 15) is 14.9 Å². The highest BCUT2D eigenvalue weighted by Crippen LogP contribution is 2.39. The van der Waals surface area contributed by atoms with Crippen LogP contribution in [0.3, 0.4) is 0 Å². The monoisotopic (exact) mass is 372 g/mol. The fraction of sp³-hybridized carbons (Fsp3) is 0.316. The summed E-state index contributed by atoms with van der Waals surface area (Å²) in [5.41, 5.74) is 1.77. The van der Waals surface area contributed by atoms with Crippen LogP contribution < -0.4 is 9.64 Å². The van der Waals surface area contributed by atoms with E-state index in [1.165, 1.54) is 24.9 Å². The minimum Gasteiger partial charge on any atom is -0.495 e. The quantitative estimate of drug-likeness (QED) is 0.449. The summed E-state index contributed by atoms with van der Waals surface area (Å²) in [6.45, 7) is 2.66. The van der Waals surface area contributed by atoms with E-state index in [0.29, 0.717) is 23.1 Å². The Hall–Kier alpha value is -2.54. The molecule has 2 aromatic rings. The molecule has 2 aromatic carbocycles. The molecule has 6 nitrogen and oxygen atoms in total. The van der Waals surface area contributed by atoms with E-state index in [1.807, 2.05) is 30.5 Å². The van der Waals surface area contributed by atoms with Crippen LogP contribution in [0.2, 0.25) is 0 Å². The van der Waals surface area contributed by atoms with Gasteiger partial charge in [-0.25, -0.2) is 0 Å².